The Kier molecular flexibility index (Phi) is 9.38. The van der Waals surface area contributed by atoms with Crippen molar-refractivity contribution in [1.82, 2.24) is 9.80 Å². The van der Waals surface area contributed by atoms with Crippen LogP contribution in [0.2, 0.25) is 0 Å². The summed E-state index contributed by atoms with van der Waals surface area (Å²) in [6.45, 7) is 0.924. The highest BCUT2D eigenvalue weighted by Crippen LogP contribution is 2.29. The van der Waals surface area contributed by atoms with E-state index in [1.165, 1.54) is 0 Å². The lowest BCUT2D eigenvalue weighted by Crippen LogP contribution is -2.39. The summed E-state index contributed by atoms with van der Waals surface area (Å²) in [5.41, 5.74) is 2.75. The zero-order chi connectivity index (χ0) is 27.8. The third-order valence-electron chi connectivity index (χ3n) is 6.71. The number of carbonyl (C=O) groups is 2. The van der Waals surface area contributed by atoms with Crippen molar-refractivity contribution in [3.05, 3.63) is 83.9 Å². The molecule has 1 aliphatic heterocycles. The summed E-state index contributed by atoms with van der Waals surface area (Å²) in [5, 5.41) is 3.33. The Bertz CT molecular complexity index is 1300. The van der Waals surface area contributed by atoms with E-state index in [1.54, 1.807) is 50.5 Å². The molecule has 1 aliphatic rings. The molecule has 8 nitrogen and oxygen atoms in total. The molecule has 1 atom stereocenters. The largest absolute Gasteiger partial charge is 0.497 e. The van der Waals surface area contributed by atoms with E-state index in [0.717, 1.165) is 11.1 Å². The van der Waals surface area contributed by atoms with Crippen LogP contribution in [0, 0.1) is 0 Å². The van der Waals surface area contributed by atoms with Crippen LogP contribution in [-0.4, -0.2) is 67.2 Å². The molecule has 0 unspecified atom stereocenters. The lowest BCUT2D eigenvalue weighted by molar-refractivity contribution is -0.130. The monoisotopic (exact) mass is 547 g/mol. The summed E-state index contributed by atoms with van der Waals surface area (Å²) in [7, 11) is 4.78. The summed E-state index contributed by atoms with van der Waals surface area (Å²) < 4.78 is 16.0. The average molecular weight is 548 g/mol. The van der Waals surface area contributed by atoms with Crippen LogP contribution in [0.25, 0.3) is 0 Å². The number of anilines is 1. The molecule has 0 radical (unpaired) electrons. The first-order chi connectivity index (χ1) is 18.9. The first-order valence-electron chi connectivity index (χ1n) is 12.7. The second kappa shape index (κ2) is 13.1. The quantitative estimate of drug-likeness (QED) is 0.338. The molecule has 3 aromatic carbocycles. The molecule has 0 saturated carbocycles. The fraction of sp³-hybridized carbons (Fsp3) is 0.300. The van der Waals surface area contributed by atoms with Gasteiger partial charge in [-0.3, -0.25) is 14.5 Å². The van der Waals surface area contributed by atoms with Gasteiger partial charge in [-0.1, -0.05) is 36.4 Å². The zero-order valence-electron chi connectivity index (χ0n) is 22.4. The second-order valence-electron chi connectivity index (χ2n) is 9.14. The zero-order valence-corrected chi connectivity index (χ0v) is 23.2. The first kappa shape index (κ1) is 27.9. The SMILES string of the molecule is COc1ccc(NC(=O)C[C@H]2C(=O)N(CCc3ccccc3)C(=S)N2CCc2ccc(OC)c(OC)c2)cc1. The van der Waals surface area contributed by atoms with E-state index in [-0.39, 0.29) is 18.2 Å². The molecule has 39 heavy (non-hydrogen) atoms. The number of thiocarbonyl (C=S) groups is 1. The third kappa shape index (κ3) is 6.86. The van der Waals surface area contributed by atoms with Crippen molar-refractivity contribution in [2.45, 2.75) is 25.3 Å². The Morgan fingerprint density at radius 2 is 1.54 bits per heavy atom. The van der Waals surface area contributed by atoms with Crippen molar-refractivity contribution in [3.8, 4) is 17.2 Å². The van der Waals surface area contributed by atoms with Crippen molar-refractivity contribution in [2.75, 3.05) is 39.7 Å². The van der Waals surface area contributed by atoms with Crippen molar-refractivity contribution in [2.24, 2.45) is 0 Å². The fourth-order valence-electron chi connectivity index (χ4n) is 4.58. The maximum Gasteiger partial charge on any atom is 0.252 e. The van der Waals surface area contributed by atoms with Gasteiger partial charge in [0.05, 0.1) is 27.8 Å². The molecule has 1 fully saturated rings. The minimum absolute atomic E-state index is 0.0151. The molecule has 9 heteroatoms. The first-order valence-corrected chi connectivity index (χ1v) is 13.1. The number of carbonyl (C=O) groups excluding carboxylic acids is 2. The van der Waals surface area contributed by atoms with Crippen LogP contribution in [-0.2, 0) is 22.4 Å². The number of nitrogens with zero attached hydrogens (tertiary/aromatic N) is 2. The van der Waals surface area contributed by atoms with Crippen LogP contribution in [0.4, 0.5) is 5.69 Å². The van der Waals surface area contributed by atoms with Gasteiger partial charge in [0, 0.05) is 18.8 Å². The Labute approximate surface area is 234 Å². The van der Waals surface area contributed by atoms with Gasteiger partial charge >= 0.3 is 0 Å². The van der Waals surface area contributed by atoms with Crippen LogP contribution >= 0.6 is 12.2 Å². The van der Waals surface area contributed by atoms with E-state index < -0.39 is 6.04 Å². The highest BCUT2D eigenvalue weighted by molar-refractivity contribution is 7.80. The number of rotatable bonds is 12. The number of methoxy groups -OCH3 is 3. The van der Waals surface area contributed by atoms with E-state index in [4.69, 9.17) is 26.4 Å². The second-order valence-corrected chi connectivity index (χ2v) is 9.50. The molecule has 2 amide bonds. The highest BCUT2D eigenvalue weighted by atomic mass is 32.1. The molecule has 1 heterocycles. The maximum atomic E-state index is 13.6. The smallest absolute Gasteiger partial charge is 0.252 e. The van der Waals surface area contributed by atoms with Crippen LogP contribution in [0.1, 0.15) is 17.5 Å². The van der Waals surface area contributed by atoms with Gasteiger partial charge in [0.15, 0.2) is 16.6 Å². The predicted molar refractivity (Wildman–Crippen MR) is 154 cm³/mol. The minimum atomic E-state index is -0.688. The molecule has 0 spiro atoms. The Balaban J connectivity index is 1.49. The third-order valence-corrected chi connectivity index (χ3v) is 7.17. The number of hydrogen-bond acceptors (Lipinski definition) is 6. The lowest BCUT2D eigenvalue weighted by Gasteiger charge is -2.24. The topological polar surface area (TPSA) is 80.3 Å². The summed E-state index contributed by atoms with van der Waals surface area (Å²) in [6.07, 6.45) is 1.26. The summed E-state index contributed by atoms with van der Waals surface area (Å²) in [5.74, 6) is 1.55. The van der Waals surface area contributed by atoms with E-state index in [2.05, 4.69) is 5.32 Å². The number of hydrogen-bond donors (Lipinski definition) is 1. The van der Waals surface area contributed by atoms with Crippen molar-refractivity contribution in [1.29, 1.82) is 0 Å². The Hall–Kier alpha value is -4.11. The van der Waals surface area contributed by atoms with E-state index >= 15 is 0 Å². The number of benzene rings is 3. The number of amides is 2. The van der Waals surface area contributed by atoms with Gasteiger partial charge in [-0.15, -0.1) is 0 Å². The summed E-state index contributed by atoms with van der Waals surface area (Å²) in [6, 6.07) is 22.1. The van der Waals surface area contributed by atoms with Crippen LogP contribution in [0.3, 0.4) is 0 Å². The average Bonchev–Trinajstić information content (AvgIpc) is 3.18. The number of nitrogens with one attached hydrogen (secondary N) is 1. The molecule has 1 N–H and O–H groups in total. The van der Waals surface area contributed by atoms with Gasteiger partial charge < -0.3 is 24.4 Å². The van der Waals surface area contributed by atoms with Crippen LogP contribution in [0.5, 0.6) is 17.2 Å². The normalized spacial score (nSPS) is 14.9. The van der Waals surface area contributed by atoms with E-state index in [0.29, 0.717) is 54.0 Å². The predicted octanol–water partition coefficient (Wildman–Crippen LogP) is 4.32. The Morgan fingerprint density at radius 3 is 2.21 bits per heavy atom. The summed E-state index contributed by atoms with van der Waals surface area (Å²) >= 11 is 5.79. The summed E-state index contributed by atoms with van der Waals surface area (Å²) in [4.78, 5) is 30.1. The molecular weight excluding hydrogens is 514 g/mol. The molecule has 204 valence electrons. The van der Waals surface area contributed by atoms with Crippen molar-refractivity contribution < 1.29 is 23.8 Å². The molecule has 3 aromatic rings. The van der Waals surface area contributed by atoms with Crippen molar-refractivity contribution in [3.63, 3.8) is 0 Å². The van der Waals surface area contributed by atoms with Crippen LogP contribution < -0.4 is 19.5 Å². The molecule has 1 saturated heterocycles. The molecule has 0 bridgehead atoms. The van der Waals surface area contributed by atoms with E-state index in [1.807, 2.05) is 53.4 Å². The minimum Gasteiger partial charge on any atom is -0.497 e. The van der Waals surface area contributed by atoms with Gasteiger partial charge in [0.25, 0.3) is 5.91 Å². The van der Waals surface area contributed by atoms with Gasteiger partial charge in [0.2, 0.25) is 5.91 Å². The standard InChI is InChI=1S/C30H33N3O5S/c1-36-24-12-10-23(11-13-24)31-28(34)20-25-29(35)33(18-15-21-7-5-4-6-8-21)30(39)32(25)17-16-22-9-14-26(37-2)27(19-22)38-3/h4-14,19,25H,15-18,20H2,1-3H3,(H,31,34)/t25-/m0/s1. The van der Waals surface area contributed by atoms with Gasteiger partial charge in [0.1, 0.15) is 11.8 Å². The van der Waals surface area contributed by atoms with Gasteiger partial charge in [-0.25, -0.2) is 0 Å². The fourth-order valence-corrected chi connectivity index (χ4v) is 4.98. The maximum absolute atomic E-state index is 13.6. The van der Waals surface area contributed by atoms with Gasteiger partial charge in [-0.2, -0.15) is 0 Å². The molecule has 0 aliphatic carbocycles. The highest BCUT2D eigenvalue weighted by Gasteiger charge is 2.42. The molecule has 0 aromatic heterocycles. The molecular formula is C30H33N3O5S. The van der Waals surface area contributed by atoms with Gasteiger partial charge in [-0.05, 0) is 72.6 Å². The molecule has 4 rings (SSSR count). The van der Waals surface area contributed by atoms with E-state index in [9.17, 15) is 9.59 Å². The Morgan fingerprint density at radius 1 is 0.846 bits per heavy atom. The number of ether oxygens (including phenoxy) is 3. The van der Waals surface area contributed by atoms with Crippen LogP contribution in [0.15, 0.2) is 72.8 Å². The van der Waals surface area contributed by atoms with Crippen molar-refractivity contribution >= 4 is 34.8 Å². The lowest BCUT2D eigenvalue weighted by atomic mass is 10.1.